The van der Waals surface area contributed by atoms with Crippen molar-refractivity contribution in [2.24, 2.45) is 5.73 Å². The van der Waals surface area contributed by atoms with Crippen LogP contribution in [0.25, 0.3) is 11.3 Å². The molecule has 6 nitrogen and oxygen atoms in total. The van der Waals surface area contributed by atoms with Gasteiger partial charge in [-0.1, -0.05) is 0 Å². The molecule has 0 aliphatic heterocycles. The summed E-state index contributed by atoms with van der Waals surface area (Å²) in [4.78, 5) is 10.8. The predicted octanol–water partition coefficient (Wildman–Crippen LogP) is 1.04. The van der Waals surface area contributed by atoms with E-state index in [1.165, 1.54) is 0 Å². The Kier molecular flexibility index (Phi) is 3.82. The summed E-state index contributed by atoms with van der Waals surface area (Å²) in [7, 11) is 1.60. The van der Waals surface area contributed by atoms with Gasteiger partial charge in [0.2, 0.25) is 0 Å². The Balaban J connectivity index is 2.25. The van der Waals surface area contributed by atoms with E-state index in [0.29, 0.717) is 0 Å². The van der Waals surface area contributed by atoms with E-state index < -0.39 is 12.0 Å². The molecule has 2 rings (SSSR count). The molecule has 1 atom stereocenters. The third-order valence-corrected chi connectivity index (χ3v) is 2.85. The van der Waals surface area contributed by atoms with E-state index in [9.17, 15) is 4.79 Å². The molecule has 100 valence electrons. The second-order valence-electron chi connectivity index (χ2n) is 4.15. The van der Waals surface area contributed by atoms with E-state index in [-0.39, 0.29) is 6.42 Å². The van der Waals surface area contributed by atoms with Crippen LogP contribution in [0.5, 0.6) is 5.75 Å². The van der Waals surface area contributed by atoms with Gasteiger partial charge in [-0.2, -0.15) is 5.10 Å². The molecule has 1 unspecified atom stereocenters. The monoisotopic (exact) mass is 261 g/mol. The van der Waals surface area contributed by atoms with Gasteiger partial charge in [0.15, 0.2) is 0 Å². The normalized spacial score (nSPS) is 12.1. The predicted molar refractivity (Wildman–Crippen MR) is 69.9 cm³/mol. The number of ether oxygens (including phenoxy) is 1. The molecular formula is C13H15N3O3. The Morgan fingerprint density at radius 2 is 2.16 bits per heavy atom. The highest BCUT2D eigenvalue weighted by molar-refractivity contribution is 5.74. The van der Waals surface area contributed by atoms with E-state index in [4.69, 9.17) is 15.6 Å². The lowest BCUT2D eigenvalue weighted by Crippen LogP contribution is -2.32. The highest BCUT2D eigenvalue weighted by Crippen LogP contribution is 2.24. The Hall–Kier alpha value is -2.34. The first-order chi connectivity index (χ1) is 9.11. The fourth-order valence-electron chi connectivity index (χ4n) is 1.80. The van der Waals surface area contributed by atoms with Crippen LogP contribution in [0.1, 0.15) is 5.56 Å². The second kappa shape index (κ2) is 5.53. The maximum atomic E-state index is 10.8. The maximum Gasteiger partial charge on any atom is 0.320 e. The van der Waals surface area contributed by atoms with Gasteiger partial charge in [-0.3, -0.25) is 9.89 Å². The average molecular weight is 261 g/mol. The molecule has 1 aromatic carbocycles. The standard InChI is InChI=1S/C13H15N3O3/c1-19-10-4-2-8(3-5-10)12-9(7-15-16-12)6-11(14)13(17)18/h2-5,7,11H,6,14H2,1H3,(H,15,16)(H,17,18). The highest BCUT2D eigenvalue weighted by Gasteiger charge is 2.16. The molecule has 0 bridgehead atoms. The Morgan fingerprint density at radius 1 is 1.47 bits per heavy atom. The van der Waals surface area contributed by atoms with Gasteiger partial charge in [-0.25, -0.2) is 0 Å². The third-order valence-electron chi connectivity index (χ3n) is 2.85. The number of aliphatic carboxylic acids is 1. The molecule has 0 radical (unpaired) electrons. The Labute approximate surface area is 110 Å². The van der Waals surface area contributed by atoms with Crippen molar-refractivity contribution in [3.05, 3.63) is 36.0 Å². The summed E-state index contributed by atoms with van der Waals surface area (Å²) >= 11 is 0. The second-order valence-corrected chi connectivity index (χ2v) is 4.15. The number of hydrogen-bond donors (Lipinski definition) is 3. The molecule has 1 heterocycles. The van der Waals surface area contributed by atoms with Crippen molar-refractivity contribution < 1.29 is 14.6 Å². The molecule has 2 aromatic rings. The quantitative estimate of drug-likeness (QED) is 0.746. The van der Waals surface area contributed by atoms with Crippen LogP contribution in [0.4, 0.5) is 0 Å². The van der Waals surface area contributed by atoms with E-state index in [1.807, 2.05) is 24.3 Å². The molecule has 19 heavy (non-hydrogen) atoms. The van der Waals surface area contributed by atoms with Crippen LogP contribution in [-0.2, 0) is 11.2 Å². The van der Waals surface area contributed by atoms with Gasteiger partial charge in [0, 0.05) is 12.0 Å². The van der Waals surface area contributed by atoms with Crippen molar-refractivity contribution in [1.29, 1.82) is 0 Å². The number of carbonyl (C=O) groups is 1. The number of benzene rings is 1. The van der Waals surface area contributed by atoms with Gasteiger partial charge in [-0.15, -0.1) is 0 Å². The van der Waals surface area contributed by atoms with Crippen molar-refractivity contribution in [3.8, 4) is 17.0 Å². The molecule has 4 N–H and O–H groups in total. The number of nitrogens with one attached hydrogen (secondary N) is 1. The van der Waals surface area contributed by atoms with E-state index in [2.05, 4.69) is 10.2 Å². The van der Waals surface area contributed by atoms with Crippen LogP contribution in [0.3, 0.4) is 0 Å². The topological polar surface area (TPSA) is 101 Å². The Bertz CT molecular complexity index is 563. The van der Waals surface area contributed by atoms with E-state index in [1.54, 1.807) is 13.3 Å². The number of H-pyrrole nitrogens is 1. The summed E-state index contributed by atoms with van der Waals surface area (Å²) < 4.78 is 5.09. The summed E-state index contributed by atoms with van der Waals surface area (Å²) in [6, 6.07) is 6.48. The summed E-state index contributed by atoms with van der Waals surface area (Å²) in [6.45, 7) is 0. The smallest absolute Gasteiger partial charge is 0.320 e. The van der Waals surface area contributed by atoms with Crippen LogP contribution in [0, 0.1) is 0 Å². The minimum atomic E-state index is -1.03. The number of carboxylic acids is 1. The van der Waals surface area contributed by atoms with Crippen LogP contribution >= 0.6 is 0 Å². The third kappa shape index (κ3) is 2.92. The molecule has 0 aliphatic rings. The van der Waals surface area contributed by atoms with Crippen molar-refractivity contribution in [3.63, 3.8) is 0 Å². The van der Waals surface area contributed by atoms with Crippen molar-refractivity contribution in [2.45, 2.75) is 12.5 Å². The number of rotatable bonds is 5. The molecule has 0 spiro atoms. The summed E-state index contributed by atoms with van der Waals surface area (Å²) in [5.41, 5.74) is 8.00. The molecule has 0 amide bonds. The fraction of sp³-hybridized carbons (Fsp3) is 0.231. The first-order valence-corrected chi connectivity index (χ1v) is 5.77. The van der Waals surface area contributed by atoms with Gasteiger partial charge in [0.25, 0.3) is 0 Å². The number of aromatic amines is 1. The number of hydrogen-bond acceptors (Lipinski definition) is 4. The highest BCUT2D eigenvalue weighted by atomic mass is 16.5. The fourth-order valence-corrected chi connectivity index (χ4v) is 1.80. The lowest BCUT2D eigenvalue weighted by molar-refractivity contribution is -0.138. The van der Waals surface area contributed by atoms with Gasteiger partial charge in [0.1, 0.15) is 11.8 Å². The summed E-state index contributed by atoms with van der Waals surface area (Å²) in [5, 5.41) is 15.7. The summed E-state index contributed by atoms with van der Waals surface area (Å²) in [6.07, 6.45) is 1.83. The lowest BCUT2D eigenvalue weighted by Gasteiger charge is -2.07. The minimum Gasteiger partial charge on any atom is -0.497 e. The zero-order valence-electron chi connectivity index (χ0n) is 10.5. The number of carboxylic acid groups (broad SMARTS) is 1. The van der Waals surface area contributed by atoms with Crippen molar-refractivity contribution in [1.82, 2.24) is 10.2 Å². The van der Waals surface area contributed by atoms with Gasteiger partial charge in [0.05, 0.1) is 19.0 Å². The summed E-state index contributed by atoms with van der Waals surface area (Å²) in [5.74, 6) is -0.270. The lowest BCUT2D eigenvalue weighted by atomic mass is 10.0. The molecule has 0 aliphatic carbocycles. The van der Waals surface area contributed by atoms with Gasteiger partial charge in [-0.05, 0) is 29.8 Å². The van der Waals surface area contributed by atoms with Crippen molar-refractivity contribution >= 4 is 5.97 Å². The molecule has 0 fully saturated rings. The average Bonchev–Trinajstić information content (AvgIpc) is 2.87. The van der Waals surface area contributed by atoms with Crippen molar-refractivity contribution in [2.75, 3.05) is 7.11 Å². The molecular weight excluding hydrogens is 246 g/mol. The molecule has 1 aromatic heterocycles. The van der Waals surface area contributed by atoms with Gasteiger partial charge < -0.3 is 15.6 Å². The molecule has 0 saturated heterocycles. The molecule has 6 heteroatoms. The first kappa shape index (κ1) is 13.1. The number of nitrogens with two attached hydrogens (primary N) is 1. The number of nitrogens with zero attached hydrogens (tertiary/aromatic N) is 1. The number of aromatic nitrogens is 2. The van der Waals surface area contributed by atoms with Crippen LogP contribution < -0.4 is 10.5 Å². The first-order valence-electron chi connectivity index (χ1n) is 5.77. The van der Waals surface area contributed by atoms with E-state index in [0.717, 1.165) is 22.6 Å². The van der Waals surface area contributed by atoms with Crippen LogP contribution in [0.2, 0.25) is 0 Å². The van der Waals surface area contributed by atoms with Crippen LogP contribution in [0.15, 0.2) is 30.5 Å². The van der Waals surface area contributed by atoms with Gasteiger partial charge >= 0.3 is 5.97 Å². The number of methoxy groups -OCH3 is 1. The SMILES string of the molecule is COc1ccc(-c2[nH]ncc2CC(N)C(=O)O)cc1. The minimum absolute atomic E-state index is 0.229. The maximum absolute atomic E-state index is 10.8. The Morgan fingerprint density at radius 3 is 2.74 bits per heavy atom. The zero-order chi connectivity index (χ0) is 13.8. The van der Waals surface area contributed by atoms with Crippen LogP contribution in [-0.4, -0.2) is 34.4 Å². The molecule has 0 saturated carbocycles. The van der Waals surface area contributed by atoms with E-state index >= 15 is 0 Å². The zero-order valence-corrected chi connectivity index (χ0v) is 10.5. The largest absolute Gasteiger partial charge is 0.497 e.